The molecular weight excluding hydrogens is 266 g/mol. The number of hydrogen-bond acceptors (Lipinski definition) is 4. The summed E-state index contributed by atoms with van der Waals surface area (Å²) in [5.41, 5.74) is 0. The van der Waals surface area contributed by atoms with Gasteiger partial charge in [-0.05, 0) is 11.4 Å². The van der Waals surface area contributed by atoms with Crippen molar-refractivity contribution in [2.45, 2.75) is 6.42 Å². The van der Waals surface area contributed by atoms with Crippen molar-refractivity contribution < 1.29 is 14.4 Å². The molecule has 3 amide bonds. The molecule has 2 rings (SSSR count). The third-order valence-electron chi connectivity index (χ3n) is 2.81. The first kappa shape index (κ1) is 13.5. The van der Waals surface area contributed by atoms with Gasteiger partial charge in [0.25, 0.3) is 5.91 Å². The Balaban J connectivity index is 1.80. The van der Waals surface area contributed by atoms with Gasteiger partial charge in [0, 0.05) is 26.1 Å². The Bertz CT molecular complexity index is 473. The number of nitrogens with one attached hydrogen (secondary N) is 2. The monoisotopic (exact) mass is 281 g/mol. The van der Waals surface area contributed by atoms with Crippen LogP contribution in [0.3, 0.4) is 0 Å². The third kappa shape index (κ3) is 3.78. The Morgan fingerprint density at radius 3 is 3.00 bits per heavy atom. The van der Waals surface area contributed by atoms with E-state index in [2.05, 4.69) is 10.6 Å². The molecule has 0 radical (unpaired) electrons. The highest BCUT2D eigenvalue weighted by Crippen LogP contribution is 2.07. The van der Waals surface area contributed by atoms with Crippen LogP contribution in [-0.4, -0.2) is 48.8 Å². The fourth-order valence-corrected chi connectivity index (χ4v) is 2.42. The van der Waals surface area contributed by atoms with E-state index >= 15 is 0 Å². The van der Waals surface area contributed by atoms with Crippen LogP contribution in [0.25, 0.3) is 0 Å². The fraction of sp³-hybridized carbons (Fsp3) is 0.417. The van der Waals surface area contributed by atoms with Crippen LogP contribution in [0.5, 0.6) is 0 Å². The molecule has 0 atom stereocenters. The lowest BCUT2D eigenvalue weighted by Crippen LogP contribution is -2.41. The molecule has 0 spiro atoms. The molecule has 19 heavy (non-hydrogen) atoms. The smallest absolute Gasteiger partial charge is 0.261 e. The maximum atomic E-state index is 11.9. The van der Waals surface area contributed by atoms with Gasteiger partial charge in [-0.3, -0.25) is 14.4 Å². The van der Waals surface area contributed by atoms with Crippen LogP contribution in [0, 0.1) is 0 Å². The molecular formula is C12H15N3O3S. The van der Waals surface area contributed by atoms with Crippen LogP contribution < -0.4 is 10.6 Å². The van der Waals surface area contributed by atoms with Gasteiger partial charge >= 0.3 is 0 Å². The largest absolute Gasteiger partial charge is 0.354 e. The van der Waals surface area contributed by atoms with Gasteiger partial charge in [0.05, 0.1) is 11.4 Å². The van der Waals surface area contributed by atoms with Crippen molar-refractivity contribution in [1.82, 2.24) is 15.5 Å². The summed E-state index contributed by atoms with van der Waals surface area (Å²) in [4.78, 5) is 36.9. The van der Waals surface area contributed by atoms with Gasteiger partial charge in [0.2, 0.25) is 11.8 Å². The summed E-state index contributed by atoms with van der Waals surface area (Å²) in [6, 6.07) is 3.49. The molecule has 0 saturated carbocycles. The zero-order valence-corrected chi connectivity index (χ0v) is 11.2. The highest BCUT2D eigenvalue weighted by atomic mass is 32.1. The van der Waals surface area contributed by atoms with Crippen LogP contribution >= 0.6 is 11.3 Å². The summed E-state index contributed by atoms with van der Waals surface area (Å²) in [7, 11) is 0. The zero-order valence-electron chi connectivity index (χ0n) is 10.3. The van der Waals surface area contributed by atoms with Crippen molar-refractivity contribution in [3.8, 4) is 0 Å². The van der Waals surface area contributed by atoms with Gasteiger partial charge < -0.3 is 15.5 Å². The number of nitrogens with zero attached hydrogens (tertiary/aromatic N) is 1. The minimum absolute atomic E-state index is 0.0368. The molecule has 102 valence electrons. The predicted molar refractivity (Wildman–Crippen MR) is 70.9 cm³/mol. The molecule has 1 aromatic heterocycles. The maximum absolute atomic E-state index is 11.9. The maximum Gasteiger partial charge on any atom is 0.261 e. The Labute approximate surface area is 114 Å². The molecule has 2 heterocycles. The minimum Gasteiger partial charge on any atom is -0.354 e. The Morgan fingerprint density at radius 2 is 2.26 bits per heavy atom. The van der Waals surface area contributed by atoms with Crippen molar-refractivity contribution in [2.24, 2.45) is 0 Å². The molecule has 7 heteroatoms. The SMILES string of the molecule is O=C1CCN(C(=O)CNC(=O)c2cccs2)CCN1. The molecule has 0 bridgehead atoms. The van der Waals surface area contributed by atoms with Gasteiger partial charge in [0.15, 0.2) is 0 Å². The average Bonchev–Trinajstić information content (AvgIpc) is 2.85. The second-order valence-electron chi connectivity index (χ2n) is 4.14. The first-order valence-corrected chi connectivity index (χ1v) is 6.91. The van der Waals surface area contributed by atoms with Gasteiger partial charge in [-0.25, -0.2) is 0 Å². The van der Waals surface area contributed by atoms with Crippen LogP contribution in [0.2, 0.25) is 0 Å². The Morgan fingerprint density at radius 1 is 1.42 bits per heavy atom. The van der Waals surface area contributed by atoms with Crippen LogP contribution in [-0.2, 0) is 9.59 Å². The second kappa shape index (κ2) is 6.33. The second-order valence-corrected chi connectivity index (χ2v) is 5.09. The molecule has 0 aliphatic carbocycles. The van der Waals surface area contributed by atoms with E-state index in [-0.39, 0.29) is 24.3 Å². The van der Waals surface area contributed by atoms with Gasteiger partial charge in [-0.1, -0.05) is 6.07 Å². The van der Waals surface area contributed by atoms with Crippen LogP contribution in [0.4, 0.5) is 0 Å². The van der Waals surface area contributed by atoms with E-state index in [1.165, 1.54) is 11.3 Å². The van der Waals surface area contributed by atoms with Crippen molar-refractivity contribution in [1.29, 1.82) is 0 Å². The quantitative estimate of drug-likeness (QED) is 0.807. The standard InChI is InChI=1S/C12H15N3O3S/c16-10-3-5-15(6-4-13-10)11(17)8-14-12(18)9-2-1-7-19-9/h1-2,7H,3-6,8H2,(H,13,16)(H,14,18). The lowest BCUT2D eigenvalue weighted by molar-refractivity contribution is -0.130. The first-order valence-electron chi connectivity index (χ1n) is 6.03. The summed E-state index contributed by atoms with van der Waals surface area (Å²) >= 11 is 1.33. The highest BCUT2D eigenvalue weighted by molar-refractivity contribution is 7.12. The fourth-order valence-electron chi connectivity index (χ4n) is 1.78. The normalized spacial score (nSPS) is 15.6. The highest BCUT2D eigenvalue weighted by Gasteiger charge is 2.18. The lowest BCUT2D eigenvalue weighted by atomic mass is 10.3. The summed E-state index contributed by atoms with van der Waals surface area (Å²) in [6.07, 6.45) is 0.310. The zero-order chi connectivity index (χ0) is 13.7. The Hall–Kier alpha value is -1.89. The predicted octanol–water partition coefficient (Wildman–Crippen LogP) is -0.174. The summed E-state index contributed by atoms with van der Waals surface area (Å²) in [6.45, 7) is 1.31. The molecule has 1 aromatic rings. The van der Waals surface area contributed by atoms with Crippen LogP contribution in [0.1, 0.15) is 16.1 Å². The minimum atomic E-state index is -0.243. The topological polar surface area (TPSA) is 78.5 Å². The lowest BCUT2D eigenvalue weighted by Gasteiger charge is -2.19. The number of carbonyl (C=O) groups is 3. The molecule has 0 aromatic carbocycles. The molecule has 1 aliphatic heterocycles. The molecule has 1 fully saturated rings. The summed E-state index contributed by atoms with van der Waals surface area (Å²) in [5.74, 6) is -0.452. The molecule has 1 saturated heterocycles. The van der Waals surface area contributed by atoms with E-state index < -0.39 is 0 Å². The average molecular weight is 281 g/mol. The Kier molecular flexibility index (Phi) is 4.51. The first-order chi connectivity index (χ1) is 9.16. The summed E-state index contributed by atoms with van der Waals surface area (Å²) < 4.78 is 0. The van der Waals surface area contributed by atoms with E-state index in [1.54, 1.807) is 17.0 Å². The van der Waals surface area contributed by atoms with E-state index in [0.29, 0.717) is 30.9 Å². The van der Waals surface area contributed by atoms with Crippen molar-refractivity contribution in [2.75, 3.05) is 26.2 Å². The number of rotatable bonds is 3. The van der Waals surface area contributed by atoms with Crippen molar-refractivity contribution >= 4 is 29.1 Å². The van der Waals surface area contributed by atoms with E-state index in [4.69, 9.17) is 0 Å². The number of hydrogen-bond donors (Lipinski definition) is 2. The number of thiophene rings is 1. The summed E-state index contributed by atoms with van der Waals surface area (Å²) in [5, 5.41) is 7.10. The molecule has 2 N–H and O–H groups in total. The van der Waals surface area contributed by atoms with Gasteiger partial charge in [0.1, 0.15) is 0 Å². The van der Waals surface area contributed by atoms with E-state index in [1.807, 2.05) is 5.38 Å². The molecule has 6 nitrogen and oxygen atoms in total. The van der Waals surface area contributed by atoms with Crippen molar-refractivity contribution in [3.63, 3.8) is 0 Å². The van der Waals surface area contributed by atoms with E-state index in [9.17, 15) is 14.4 Å². The van der Waals surface area contributed by atoms with Crippen molar-refractivity contribution in [3.05, 3.63) is 22.4 Å². The van der Waals surface area contributed by atoms with Gasteiger partial charge in [-0.15, -0.1) is 11.3 Å². The molecule has 1 aliphatic rings. The van der Waals surface area contributed by atoms with Crippen LogP contribution in [0.15, 0.2) is 17.5 Å². The van der Waals surface area contributed by atoms with E-state index in [0.717, 1.165) is 0 Å². The molecule has 0 unspecified atom stereocenters. The number of carbonyl (C=O) groups excluding carboxylic acids is 3. The number of amides is 3. The third-order valence-corrected chi connectivity index (χ3v) is 3.68. The van der Waals surface area contributed by atoms with Gasteiger partial charge in [-0.2, -0.15) is 0 Å².